The number of sulfonamides is 1. The van der Waals surface area contributed by atoms with Crippen molar-refractivity contribution in [3.05, 3.63) is 59.7 Å². The molecule has 0 aliphatic carbocycles. The summed E-state index contributed by atoms with van der Waals surface area (Å²) in [6, 6.07) is 9.14. The van der Waals surface area contributed by atoms with Gasteiger partial charge in [-0.25, -0.2) is 26.7 Å². The summed E-state index contributed by atoms with van der Waals surface area (Å²) < 4.78 is 59.1. The summed E-state index contributed by atoms with van der Waals surface area (Å²) in [7, 11) is -3.50. The van der Waals surface area contributed by atoms with E-state index in [4.69, 9.17) is 4.74 Å². The molecular formula is C21H24F2N2O4S. The molecule has 3 rings (SSSR count). The fraction of sp³-hybridized carbons (Fsp3) is 0.381. The topological polar surface area (TPSA) is 75.7 Å². The number of amides is 1. The van der Waals surface area contributed by atoms with Gasteiger partial charge in [-0.2, -0.15) is 0 Å². The van der Waals surface area contributed by atoms with Crippen LogP contribution >= 0.6 is 0 Å². The molecular weight excluding hydrogens is 414 g/mol. The van der Waals surface area contributed by atoms with E-state index in [2.05, 4.69) is 4.72 Å². The Kier molecular flexibility index (Phi) is 6.72. The predicted molar refractivity (Wildman–Crippen MR) is 109 cm³/mol. The molecule has 1 heterocycles. The lowest BCUT2D eigenvalue weighted by Crippen LogP contribution is -2.47. The van der Waals surface area contributed by atoms with E-state index in [0.29, 0.717) is 29.7 Å². The molecule has 2 aromatic rings. The van der Waals surface area contributed by atoms with Crippen LogP contribution in [-0.4, -0.2) is 50.9 Å². The Morgan fingerprint density at radius 3 is 2.57 bits per heavy atom. The predicted octanol–water partition coefficient (Wildman–Crippen LogP) is 3.32. The van der Waals surface area contributed by atoms with Crippen molar-refractivity contribution in [2.45, 2.75) is 31.8 Å². The van der Waals surface area contributed by atoms with Crippen LogP contribution in [0.25, 0.3) is 11.1 Å². The Bertz CT molecular complexity index is 1030. The second kappa shape index (κ2) is 9.09. The van der Waals surface area contributed by atoms with Crippen LogP contribution in [0, 0.1) is 11.6 Å². The van der Waals surface area contributed by atoms with Gasteiger partial charge in [0.2, 0.25) is 10.0 Å². The molecule has 1 saturated heterocycles. The van der Waals surface area contributed by atoms with Crippen molar-refractivity contribution in [1.29, 1.82) is 0 Å². The second-order valence-corrected chi connectivity index (χ2v) is 9.09. The Morgan fingerprint density at radius 2 is 1.90 bits per heavy atom. The van der Waals surface area contributed by atoms with Crippen molar-refractivity contribution in [2.24, 2.45) is 0 Å². The first kappa shape index (κ1) is 22.2. The van der Waals surface area contributed by atoms with Gasteiger partial charge >= 0.3 is 6.09 Å². The normalized spacial score (nSPS) is 19.1. The number of likely N-dealkylation sites (tertiary alicyclic amines) is 1. The number of carbonyl (C=O) groups excluding carboxylic acids is 1. The van der Waals surface area contributed by atoms with Gasteiger partial charge in [0.05, 0.1) is 18.9 Å². The van der Waals surface area contributed by atoms with E-state index in [1.54, 1.807) is 25.1 Å². The average Bonchev–Trinajstić information content (AvgIpc) is 3.02. The zero-order chi connectivity index (χ0) is 21.9. The molecule has 0 radical (unpaired) electrons. The molecule has 0 aromatic heterocycles. The molecule has 0 spiro atoms. The maximum atomic E-state index is 14.3. The third-order valence-electron chi connectivity index (χ3n) is 4.97. The highest BCUT2D eigenvalue weighted by atomic mass is 32.2. The number of carbonyl (C=O) groups is 1. The van der Waals surface area contributed by atoms with Crippen LogP contribution in [0.4, 0.5) is 13.6 Å². The van der Waals surface area contributed by atoms with Crippen LogP contribution in [0.2, 0.25) is 0 Å². The maximum Gasteiger partial charge on any atom is 0.410 e. The smallest absolute Gasteiger partial charge is 0.410 e. The van der Waals surface area contributed by atoms with Crippen molar-refractivity contribution in [2.75, 3.05) is 19.4 Å². The fourth-order valence-electron chi connectivity index (χ4n) is 3.80. The van der Waals surface area contributed by atoms with E-state index >= 15 is 0 Å². The summed E-state index contributed by atoms with van der Waals surface area (Å²) in [5, 5.41) is 0. The average molecular weight is 438 g/mol. The van der Waals surface area contributed by atoms with E-state index < -0.39 is 39.8 Å². The Balaban J connectivity index is 1.92. The second-order valence-electron chi connectivity index (χ2n) is 7.31. The van der Waals surface area contributed by atoms with E-state index in [1.807, 2.05) is 0 Å². The Morgan fingerprint density at radius 1 is 1.17 bits per heavy atom. The van der Waals surface area contributed by atoms with Crippen LogP contribution in [0.1, 0.15) is 18.9 Å². The number of benzene rings is 2. The molecule has 6 nitrogen and oxygen atoms in total. The lowest BCUT2D eigenvalue weighted by atomic mass is 9.96. The lowest BCUT2D eigenvalue weighted by Gasteiger charge is -2.28. The Hall–Kier alpha value is -2.52. The maximum absolute atomic E-state index is 14.3. The number of halogens is 2. The van der Waals surface area contributed by atoms with Crippen LogP contribution in [0.5, 0.6) is 0 Å². The third-order valence-corrected chi connectivity index (χ3v) is 5.70. The number of rotatable bonds is 6. The zero-order valence-corrected chi connectivity index (χ0v) is 17.6. The number of ether oxygens (including phenoxy) is 1. The quantitative estimate of drug-likeness (QED) is 0.751. The van der Waals surface area contributed by atoms with E-state index in [1.165, 1.54) is 29.2 Å². The molecule has 2 atom stereocenters. The highest BCUT2D eigenvalue weighted by Gasteiger charge is 2.39. The molecule has 9 heteroatoms. The molecule has 1 aliphatic heterocycles. The third kappa shape index (κ3) is 5.54. The summed E-state index contributed by atoms with van der Waals surface area (Å²) in [5.74, 6) is -0.930. The number of nitrogens with zero attached hydrogens (tertiary/aromatic N) is 1. The largest absolute Gasteiger partial charge is 0.450 e. The van der Waals surface area contributed by atoms with Gasteiger partial charge in [-0.05, 0) is 60.7 Å². The van der Waals surface area contributed by atoms with E-state index in [9.17, 15) is 22.0 Å². The molecule has 30 heavy (non-hydrogen) atoms. The first-order valence-electron chi connectivity index (χ1n) is 9.62. The SMILES string of the molecule is CCOC(=O)N1CC[C@H](NS(C)(=O)=O)[C@@H]1Cc1cc(F)cc(-c2cccc(F)c2)c1. The van der Waals surface area contributed by atoms with Crippen LogP contribution in [0.15, 0.2) is 42.5 Å². The number of hydrogen-bond donors (Lipinski definition) is 1. The highest BCUT2D eigenvalue weighted by Crippen LogP contribution is 2.27. The number of nitrogens with one attached hydrogen (secondary N) is 1. The van der Waals surface area contributed by atoms with Gasteiger partial charge in [0.25, 0.3) is 0 Å². The van der Waals surface area contributed by atoms with Gasteiger partial charge in [0, 0.05) is 12.6 Å². The van der Waals surface area contributed by atoms with Crippen molar-refractivity contribution < 1.29 is 26.7 Å². The van der Waals surface area contributed by atoms with Crippen LogP contribution in [-0.2, 0) is 21.2 Å². The van der Waals surface area contributed by atoms with Crippen molar-refractivity contribution in [1.82, 2.24) is 9.62 Å². The molecule has 1 aliphatic rings. The van der Waals surface area contributed by atoms with Gasteiger partial charge in [-0.3, -0.25) is 0 Å². The summed E-state index contributed by atoms with van der Waals surface area (Å²) in [5.41, 5.74) is 1.59. The highest BCUT2D eigenvalue weighted by molar-refractivity contribution is 7.88. The molecule has 1 N–H and O–H groups in total. The van der Waals surface area contributed by atoms with Gasteiger partial charge in [-0.1, -0.05) is 18.2 Å². The van der Waals surface area contributed by atoms with Crippen molar-refractivity contribution in [3.63, 3.8) is 0 Å². The molecule has 0 unspecified atom stereocenters. The van der Waals surface area contributed by atoms with E-state index in [0.717, 1.165) is 6.26 Å². The lowest BCUT2D eigenvalue weighted by molar-refractivity contribution is 0.101. The van der Waals surface area contributed by atoms with Crippen molar-refractivity contribution in [3.8, 4) is 11.1 Å². The molecule has 2 aromatic carbocycles. The van der Waals surface area contributed by atoms with Gasteiger partial charge < -0.3 is 9.64 Å². The van der Waals surface area contributed by atoms with Gasteiger partial charge in [0.15, 0.2) is 0 Å². The summed E-state index contributed by atoms with van der Waals surface area (Å²) >= 11 is 0. The van der Waals surface area contributed by atoms with E-state index in [-0.39, 0.29) is 13.0 Å². The first-order valence-corrected chi connectivity index (χ1v) is 11.5. The van der Waals surface area contributed by atoms with Crippen molar-refractivity contribution >= 4 is 16.1 Å². The Labute approximate surface area is 174 Å². The van der Waals surface area contributed by atoms with Gasteiger partial charge in [0.1, 0.15) is 11.6 Å². The molecule has 1 amide bonds. The van der Waals surface area contributed by atoms with Gasteiger partial charge in [-0.15, -0.1) is 0 Å². The molecule has 1 fully saturated rings. The monoisotopic (exact) mass is 438 g/mol. The standard InChI is InChI=1S/C21H24F2N2O4S/c1-3-29-21(26)25-8-7-19(24-30(2,27)28)20(25)11-14-9-16(13-18(23)10-14)15-5-4-6-17(22)12-15/h4-6,9-10,12-13,19-20,24H,3,7-8,11H2,1-2H3/t19-,20-/m0/s1. The summed E-state index contributed by atoms with van der Waals surface area (Å²) in [4.78, 5) is 13.8. The minimum absolute atomic E-state index is 0.190. The first-order chi connectivity index (χ1) is 14.2. The van der Waals surface area contributed by atoms with Crippen LogP contribution < -0.4 is 4.72 Å². The molecule has 0 saturated carbocycles. The molecule has 162 valence electrons. The minimum Gasteiger partial charge on any atom is -0.450 e. The summed E-state index contributed by atoms with van der Waals surface area (Å²) in [6.45, 7) is 2.20. The minimum atomic E-state index is -3.50. The fourth-order valence-corrected chi connectivity index (χ4v) is 4.62. The number of hydrogen-bond acceptors (Lipinski definition) is 4. The molecule has 0 bridgehead atoms. The van der Waals surface area contributed by atoms with Crippen LogP contribution in [0.3, 0.4) is 0 Å². The summed E-state index contributed by atoms with van der Waals surface area (Å²) in [6.07, 6.45) is 1.15. The zero-order valence-electron chi connectivity index (χ0n) is 16.8.